The van der Waals surface area contributed by atoms with Crippen molar-refractivity contribution in [3.8, 4) is 0 Å². The molecule has 158 valence electrons. The van der Waals surface area contributed by atoms with Gasteiger partial charge in [0, 0.05) is 40.6 Å². The van der Waals surface area contributed by atoms with Crippen molar-refractivity contribution in [1.29, 1.82) is 0 Å². The normalized spacial score (nSPS) is 21.8. The number of carboxylic acid groups (broad SMARTS) is 1. The minimum Gasteiger partial charge on any atom is -0.477 e. The molecule has 2 aromatic carbocycles. The number of carbonyl (C=O) groups is 1. The first-order valence-corrected chi connectivity index (χ1v) is 11.2. The van der Waals surface area contributed by atoms with E-state index in [9.17, 15) is 9.90 Å². The van der Waals surface area contributed by atoms with Crippen LogP contribution in [0.4, 0.5) is 0 Å². The maximum absolute atomic E-state index is 12.4. The quantitative estimate of drug-likeness (QED) is 0.513. The van der Waals surface area contributed by atoms with E-state index in [-0.39, 0.29) is 0 Å². The number of hydrogen-bond acceptors (Lipinski definition) is 2. The van der Waals surface area contributed by atoms with Crippen LogP contribution >= 0.6 is 11.6 Å². The summed E-state index contributed by atoms with van der Waals surface area (Å²) in [4.78, 5) is 12.4. The molecule has 30 heavy (non-hydrogen) atoms. The molecule has 3 aromatic rings. The topological polar surface area (TPSA) is 54.3 Å². The Morgan fingerprint density at radius 1 is 1.13 bits per heavy atom. The third-order valence-electron chi connectivity index (χ3n) is 6.81. The van der Waals surface area contributed by atoms with Crippen molar-refractivity contribution in [2.75, 3.05) is 0 Å². The fourth-order valence-electron chi connectivity index (χ4n) is 4.86. The molecule has 0 radical (unpaired) electrons. The molecule has 0 saturated heterocycles. The Morgan fingerprint density at radius 2 is 1.87 bits per heavy atom. The summed E-state index contributed by atoms with van der Waals surface area (Å²) in [5, 5.41) is 15.5. The number of aromatic nitrogens is 1. The van der Waals surface area contributed by atoms with Crippen LogP contribution in [0.25, 0.3) is 10.9 Å². The highest BCUT2D eigenvalue weighted by Gasteiger charge is 2.28. The minimum atomic E-state index is -0.903. The highest BCUT2D eigenvalue weighted by molar-refractivity contribution is 6.31. The lowest BCUT2D eigenvalue weighted by Crippen LogP contribution is -2.40. The van der Waals surface area contributed by atoms with Crippen LogP contribution in [-0.2, 0) is 13.1 Å². The van der Waals surface area contributed by atoms with E-state index in [2.05, 4.69) is 19.2 Å². The second-order valence-corrected chi connectivity index (χ2v) is 8.99. The SMILES string of the molecule is C[C@@H]1[C@H](C)CCC[C@H]1NCc1c(C(=O)O)n(Cc2ccccc2Cl)c2ccccc12. The zero-order chi connectivity index (χ0) is 21.3. The number of nitrogens with zero attached hydrogens (tertiary/aromatic N) is 1. The molecule has 1 aliphatic carbocycles. The first-order chi connectivity index (χ1) is 14.5. The molecule has 3 atom stereocenters. The zero-order valence-electron chi connectivity index (χ0n) is 17.6. The van der Waals surface area contributed by atoms with E-state index < -0.39 is 5.97 Å². The molecule has 1 fully saturated rings. The van der Waals surface area contributed by atoms with Crippen LogP contribution in [0.1, 0.15) is 54.7 Å². The van der Waals surface area contributed by atoms with Gasteiger partial charge in [0.25, 0.3) is 0 Å². The Morgan fingerprint density at radius 3 is 2.63 bits per heavy atom. The van der Waals surface area contributed by atoms with Crippen molar-refractivity contribution in [2.45, 2.75) is 52.2 Å². The lowest BCUT2D eigenvalue weighted by atomic mass is 9.78. The Balaban J connectivity index is 1.73. The number of nitrogens with one attached hydrogen (secondary N) is 1. The molecule has 1 aliphatic rings. The number of halogens is 1. The number of hydrogen-bond donors (Lipinski definition) is 2. The predicted octanol–water partition coefficient (Wildman–Crippen LogP) is 5.96. The van der Waals surface area contributed by atoms with Gasteiger partial charge in [0.15, 0.2) is 0 Å². The molecule has 5 heteroatoms. The average Bonchev–Trinajstić information content (AvgIpc) is 3.04. The Labute approximate surface area is 182 Å². The second-order valence-electron chi connectivity index (χ2n) is 8.58. The van der Waals surface area contributed by atoms with E-state index in [0.717, 1.165) is 28.5 Å². The number of aromatic carboxylic acids is 1. The largest absolute Gasteiger partial charge is 0.477 e. The summed E-state index contributed by atoms with van der Waals surface area (Å²) >= 11 is 6.38. The average molecular weight is 425 g/mol. The van der Waals surface area contributed by atoms with Crippen molar-refractivity contribution >= 4 is 28.5 Å². The van der Waals surface area contributed by atoms with Crippen molar-refractivity contribution in [1.82, 2.24) is 9.88 Å². The number of benzene rings is 2. The van der Waals surface area contributed by atoms with Gasteiger partial charge in [0.05, 0.1) is 0 Å². The number of fused-ring (bicyclic) bond motifs is 1. The monoisotopic (exact) mass is 424 g/mol. The molecule has 0 spiro atoms. The minimum absolute atomic E-state index is 0.347. The Bertz CT molecular complexity index is 1060. The van der Waals surface area contributed by atoms with Gasteiger partial charge >= 0.3 is 5.97 Å². The van der Waals surface area contributed by atoms with E-state index in [4.69, 9.17) is 11.6 Å². The zero-order valence-corrected chi connectivity index (χ0v) is 18.3. The summed E-state index contributed by atoms with van der Waals surface area (Å²) in [6.45, 7) is 5.61. The maximum atomic E-state index is 12.4. The van der Waals surface area contributed by atoms with Crippen LogP contribution in [0.15, 0.2) is 48.5 Å². The van der Waals surface area contributed by atoms with E-state index in [1.165, 1.54) is 12.8 Å². The highest BCUT2D eigenvalue weighted by atomic mass is 35.5. The molecule has 1 heterocycles. The predicted molar refractivity (Wildman–Crippen MR) is 122 cm³/mol. The molecule has 0 amide bonds. The first-order valence-electron chi connectivity index (χ1n) is 10.8. The third kappa shape index (κ3) is 3.99. The van der Waals surface area contributed by atoms with Gasteiger partial charge < -0.3 is 15.0 Å². The lowest BCUT2D eigenvalue weighted by Gasteiger charge is -2.34. The molecule has 1 saturated carbocycles. The van der Waals surface area contributed by atoms with Crippen LogP contribution in [0.5, 0.6) is 0 Å². The second kappa shape index (κ2) is 8.83. The van der Waals surface area contributed by atoms with Crippen LogP contribution in [0.3, 0.4) is 0 Å². The molecule has 0 bridgehead atoms. The van der Waals surface area contributed by atoms with Gasteiger partial charge in [-0.1, -0.05) is 74.7 Å². The number of para-hydroxylation sites is 1. The number of rotatable bonds is 6. The van der Waals surface area contributed by atoms with E-state index >= 15 is 0 Å². The van der Waals surface area contributed by atoms with E-state index in [0.29, 0.717) is 41.7 Å². The van der Waals surface area contributed by atoms with Gasteiger partial charge in [-0.2, -0.15) is 0 Å². The Hall–Kier alpha value is -2.30. The maximum Gasteiger partial charge on any atom is 0.352 e. The van der Waals surface area contributed by atoms with Crippen LogP contribution in [0.2, 0.25) is 5.02 Å². The van der Waals surface area contributed by atoms with Crippen LogP contribution < -0.4 is 5.32 Å². The third-order valence-corrected chi connectivity index (χ3v) is 7.18. The summed E-state index contributed by atoms with van der Waals surface area (Å²) in [5.41, 5.74) is 3.05. The molecule has 4 nitrogen and oxygen atoms in total. The number of carboxylic acids is 1. The molecule has 0 unspecified atom stereocenters. The fraction of sp³-hybridized carbons (Fsp3) is 0.400. The van der Waals surface area contributed by atoms with E-state index in [1.807, 2.05) is 53.1 Å². The first kappa shape index (κ1) is 21.0. The Kier molecular flexibility index (Phi) is 6.16. The van der Waals surface area contributed by atoms with Gasteiger partial charge in [-0.3, -0.25) is 0 Å². The van der Waals surface area contributed by atoms with Gasteiger partial charge in [-0.05, 0) is 36.0 Å². The van der Waals surface area contributed by atoms with Crippen molar-refractivity contribution in [3.63, 3.8) is 0 Å². The van der Waals surface area contributed by atoms with Crippen molar-refractivity contribution in [3.05, 3.63) is 70.4 Å². The van der Waals surface area contributed by atoms with Crippen molar-refractivity contribution < 1.29 is 9.90 Å². The highest BCUT2D eigenvalue weighted by Crippen LogP contribution is 2.32. The van der Waals surface area contributed by atoms with Gasteiger partial charge in [-0.15, -0.1) is 0 Å². The van der Waals surface area contributed by atoms with Gasteiger partial charge in [0.1, 0.15) is 5.69 Å². The molecule has 2 N–H and O–H groups in total. The summed E-state index contributed by atoms with van der Waals surface area (Å²) < 4.78 is 1.89. The van der Waals surface area contributed by atoms with Gasteiger partial charge in [0.2, 0.25) is 0 Å². The molecule has 0 aliphatic heterocycles. The molecular formula is C25H29ClN2O2. The van der Waals surface area contributed by atoms with Gasteiger partial charge in [-0.25, -0.2) is 4.79 Å². The lowest BCUT2D eigenvalue weighted by molar-refractivity contribution is 0.0684. The molecular weight excluding hydrogens is 396 g/mol. The summed E-state index contributed by atoms with van der Waals surface area (Å²) in [6.07, 6.45) is 3.65. The van der Waals surface area contributed by atoms with Crippen molar-refractivity contribution in [2.24, 2.45) is 11.8 Å². The summed E-state index contributed by atoms with van der Waals surface area (Å²) in [6, 6.07) is 16.0. The smallest absolute Gasteiger partial charge is 0.352 e. The molecule has 1 aromatic heterocycles. The standard InChI is InChI=1S/C25H29ClN2O2/c1-16-8-7-12-22(17(16)2)27-14-20-19-10-4-6-13-23(19)28(24(20)25(29)30)15-18-9-3-5-11-21(18)26/h3-6,9-11,13,16-17,22,27H,7-8,12,14-15H2,1-2H3,(H,29,30)/t16-,17-,22-/m1/s1. The molecule has 4 rings (SSSR count). The summed E-state index contributed by atoms with van der Waals surface area (Å²) in [7, 11) is 0. The van der Waals surface area contributed by atoms with E-state index in [1.54, 1.807) is 0 Å². The summed E-state index contributed by atoms with van der Waals surface area (Å²) in [5.74, 6) is 0.375. The van der Waals surface area contributed by atoms with Crippen LogP contribution in [0, 0.1) is 11.8 Å². The van der Waals surface area contributed by atoms with Crippen LogP contribution in [-0.4, -0.2) is 21.7 Å². The fourth-order valence-corrected chi connectivity index (χ4v) is 5.06.